The summed E-state index contributed by atoms with van der Waals surface area (Å²) in [6, 6.07) is 18.8. The highest BCUT2D eigenvalue weighted by Gasteiger charge is 2.40. The minimum atomic E-state index is 0.222. The summed E-state index contributed by atoms with van der Waals surface area (Å²) in [5.74, 6) is 0.935. The van der Waals surface area contributed by atoms with Gasteiger partial charge in [-0.1, -0.05) is 101 Å². The van der Waals surface area contributed by atoms with Gasteiger partial charge in [-0.2, -0.15) is 0 Å². The van der Waals surface area contributed by atoms with Crippen LogP contribution in [-0.4, -0.2) is 0 Å². The molecular weight excluding hydrogens is 336 g/mol. The van der Waals surface area contributed by atoms with Crippen LogP contribution >= 0.6 is 0 Å². The van der Waals surface area contributed by atoms with Crippen LogP contribution in [0.2, 0.25) is 0 Å². The molecule has 0 spiro atoms. The van der Waals surface area contributed by atoms with Crippen molar-refractivity contribution in [2.24, 2.45) is 5.92 Å². The van der Waals surface area contributed by atoms with E-state index >= 15 is 0 Å². The first-order valence-electron chi connectivity index (χ1n) is 11.9. The third kappa shape index (κ3) is 4.53. The lowest BCUT2D eigenvalue weighted by atomic mass is 9.60. The molecule has 3 rings (SSSR count). The molecule has 0 nitrogen and oxygen atoms in total. The van der Waals surface area contributed by atoms with Crippen LogP contribution < -0.4 is 0 Å². The lowest BCUT2D eigenvalue weighted by Gasteiger charge is -2.43. The SMILES string of the molecule is CCCCC1CCC(c2ccccc2CCC)(c2ccccc2CCC)CC1. The van der Waals surface area contributed by atoms with E-state index in [0.717, 1.165) is 5.92 Å². The maximum absolute atomic E-state index is 2.46. The third-order valence-corrected chi connectivity index (χ3v) is 7.03. The standard InChI is InChI=1S/C28H40/c1-4-7-14-23-19-21-28(22-20-23,26-17-10-8-15-24(26)12-5-2)27-18-11-9-16-25(27)13-6-3/h8-11,15-18,23H,4-7,12-14,19-22H2,1-3H3. The Morgan fingerprint density at radius 2 is 1.21 bits per heavy atom. The van der Waals surface area contributed by atoms with Gasteiger partial charge in [0.15, 0.2) is 0 Å². The molecule has 0 heterocycles. The van der Waals surface area contributed by atoms with Crippen LogP contribution in [0.1, 0.15) is 101 Å². The summed E-state index contributed by atoms with van der Waals surface area (Å²) in [6.45, 7) is 6.96. The number of hydrogen-bond donors (Lipinski definition) is 0. The molecule has 2 aromatic carbocycles. The molecule has 1 aliphatic carbocycles. The van der Waals surface area contributed by atoms with Crippen LogP contribution in [0.15, 0.2) is 48.5 Å². The van der Waals surface area contributed by atoms with E-state index in [-0.39, 0.29) is 5.41 Å². The molecule has 0 atom stereocenters. The quantitative estimate of drug-likeness (QED) is 0.413. The number of hydrogen-bond acceptors (Lipinski definition) is 0. The van der Waals surface area contributed by atoms with Crippen molar-refractivity contribution in [2.75, 3.05) is 0 Å². The Morgan fingerprint density at radius 3 is 1.68 bits per heavy atom. The molecule has 0 saturated heterocycles. The van der Waals surface area contributed by atoms with Crippen molar-refractivity contribution in [3.05, 3.63) is 70.8 Å². The first-order chi connectivity index (χ1) is 13.7. The van der Waals surface area contributed by atoms with Crippen molar-refractivity contribution in [3.63, 3.8) is 0 Å². The second kappa shape index (κ2) is 10.3. The highest BCUT2D eigenvalue weighted by molar-refractivity contribution is 5.47. The third-order valence-electron chi connectivity index (χ3n) is 7.03. The van der Waals surface area contributed by atoms with E-state index in [2.05, 4.69) is 69.3 Å². The van der Waals surface area contributed by atoms with Gasteiger partial charge in [0.2, 0.25) is 0 Å². The molecule has 1 fully saturated rings. The average Bonchev–Trinajstić information content (AvgIpc) is 2.74. The Kier molecular flexibility index (Phi) is 7.77. The van der Waals surface area contributed by atoms with Crippen LogP contribution in [0.25, 0.3) is 0 Å². The lowest BCUT2D eigenvalue weighted by Crippen LogP contribution is -2.35. The largest absolute Gasteiger partial charge is 0.0654 e. The van der Waals surface area contributed by atoms with E-state index in [4.69, 9.17) is 0 Å². The van der Waals surface area contributed by atoms with Gasteiger partial charge in [0.05, 0.1) is 0 Å². The van der Waals surface area contributed by atoms with Crippen molar-refractivity contribution in [1.82, 2.24) is 0 Å². The lowest BCUT2D eigenvalue weighted by molar-refractivity contribution is 0.249. The fourth-order valence-electron chi connectivity index (χ4n) is 5.58. The minimum absolute atomic E-state index is 0.222. The summed E-state index contributed by atoms with van der Waals surface area (Å²) < 4.78 is 0. The highest BCUT2D eigenvalue weighted by atomic mass is 14.4. The van der Waals surface area contributed by atoms with Gasteiger partial charge in [0, 0.05) is 5.41 Å². The molecule has 28 heavy (non-hydrogen) atoms. The number of aryl methyl sites for hydroxylation is 2. The zero-order valence-electron chi connectivity index (χ0n) is 18.5. The van der Waals surface area contributed by atoms with Crippen molar-refractivity contribution >= 4 is 0 Å². The molecule has 0 N–H and O–H groups in total. The zero-order valence-corrected chi connectivity index (χ0v) is 18.5. The number of benzene rings is 2. The van der Waals surface area contributed by atoms with E-state index in [9.17, 15) is 0 Å². The number of unbranched alkanes of at least 4 members (excludes halogenated alkanes) is 1. The molecule has 0 unspecified atom stereocenters. The summed E-state index contributed by atoms with van der Waals surface area (Å²) in [7, 11) is 0. The number of rotatable bonds is 9. The van der Waals surface area contributed by atoms with Gasteiger partial charge in [-0.3, -0.25) is 0 Å². The molecule has 2 aromatic rings. The van der Waals surface area contributed by atoms with Gasteiger partial charge in [-0.15, -0.1) is 0 Å². The van der Waals surface area contributed by atoms with E-state index in [1.54, 1.807) is 22.3 Å². The molecular formula is C28H40. The smallest absolute Gasteiger partial charge is 0.0208 e. The topological polar surface area (TPSA) is 0 Å². The van der Waals surface area contributed by atoms with Crippen molar-refractivity contribution < 1.29 is 0 Å². The molecule has 0 aliphatic heterocycles. The molecule has 1 saturated carbocycles. The summed E-state index contributed by atoms with van der Waals surface area (Å²) in [6.07, 6.45) is 14.4. The Hall–Kier alpha value is -1.56. The van der Waals surface area contributed by atoms with Gasteiger partial charge < -0.3 is 0 Å². The average molecular weight is 377 g/mol. The predicted octanol–water partition coefficient (Wildman–Crippen LogP) is 8.26. The highest BCUT2D eigenvalue weighted by Crippen LogP contribution is 2.49. The molecule has 0 aromatic heterocycles. The summed E-state index contributed by atoms with van der Waals surface area (Å²) in [4.78, 5) is 0. The maximum atomic E-state index is 2.46. The van der Waals surface area contributed by atoms with E-state index in [1.165, 1.54) is 70.6 Å². The van der Waals surface area contributed by atoms with Crippen LogP contribution in [0.5, 0.6) is 0 Å². The first kappa shape index (κ1) is 21.2. The second-order valence-electron chi connectivity index (χ2n) is 8.98. The van der Waals surface area contributed by atoms with Crippen LogP contribution in [0.4, 0.5) is 0 Å². The Labute approximate surface area is 173 Å². The van der Waals surface area contributed by atoms with Gasteiger partial charge in [-0.25, -0.2) is 0 Å². The fraction of sp³-hybridized carbons (Fsp3) is 0.571. The zero-order chi connectivity index (χ0) is 19.8. The second-order valence-corrected chi connectivity index (χ2v) is 8.98. The summed E-state index contributed by atoms with van der Waals surface area (Å²) >= 11 is 0. The fourth-order valence-corrected chi connectivity index (χ4v) is 5.58. The Bertz CT molecular complexity index is 667. The van der Waals surface area contributed by atoms with Crippen molar-refractivity contribution in [3.8, 4) is 0 Å². The van der Waals surface area contributed by atoms with Crippen LogP contribution in [-0.2, 0) is 18.3 Å². The monoisotopic (exact) mass is 376 g/mol. The van der Waals surface area contributed by atoms with E-state index in [1.807, 2.05) is 0 Å². The summed E-state index contributed by atoms with van der Waals surface area (Å²) in [5, 5.41) is 0. The van der Waals surface area contributed by atoms with Crippen LogP contribution in [0.3, 0.4) is 0 Å². The molecule has 0 bridgehead atoms. The van der Waals surface area contributed by atoms with E-state index < -0.39 is 0 Å². The predicted molar refractivity (Wildman–Crippen MR) is 123 cm³/mol. The van der Waals surface area contributed by atoms with Gasteiger partial charge in [0.25, 0.3) is 0 Å². The molecule has 0 heteroatoms. The van der Waals surface area contributed by atoms with Crippen molar-refractivity contribution in [1.29, 1.82) is 0 Å². The Balaban J connectivity index is 2.04. The summed E-state index contributed by atoms with van der Waals surface area (Å²) in [5.41, 5.74) is 6.66. The molecule has 1 aliphatic rings. The normalized spacial score (nSPS) is 17.0. The molecule has 152 valence electrons. The minimum Gasteiger partial charge on any atom is -0.0654 e. The van der Waals surface area contributed by atoms with Crippen molar-refractivity contribution in [2.45, 2.75) is 96.8 Å². The molecule has 0 radical (unpaired) electrons. The molecule has 0 amide bonds. The van der Waals surface area contributed by atoms with Gasteiger partial charge in [0.1, 0.15) is 0 Å². The Morgan fingerprint density at radius 1 is 0.714 bits per heavy atom. The maximum Gasteiger partial charge on any atom is 0.0208 e. The van der Waals surface area contributed by atoms with E-state index in [0.29, 0.717) is 0 Å². The van der Waals surface area contributed by atoms with Gasteiger partial charge in [-0.05, 0) is 66.7 Å². The van der Waals surface area contributed by atoms with Crippen LogP contribution in [0, 0.1) is 5.92 Å². The van der Waals surface area contributed by atoms with Gasteiger partial charge >= 0.3 is 0 Å². The first-order valence-corrected chi connectivity index (χ1v) is 11.9.